The van der Waals surface area contributed by atoms with Crippen molar-refractivity contribution in [2.75, 3.05) is 6.61 Å². The molecule has 2 aliphatic carbocycles. The molecule has 128 valence electrons. The van der Waals surface area contributed by atoms with Gasteiger partial charge in [0.25, 0.3) is 0 Å². The Hall–Kier alpha value is -0.820. The molecule has 0 aromatic heterocycles. The van der Waals surface area contributed by atoms with E-state index in [4.69, 9.17) is 0 Å². The van der Waals surface area contributed by atoms with Gasteiger partial charge in [-0.05, 0) is 76.5 Å². The highest BCUT2D eigenvalue weighted by molar-refractivity contribution is 5.51. The van der Waals surface area contributed by atoms with Crippen molar-refractivity contribution in [3.05, 3.63) is 34.4 Å². The predicted octanol–water partition coefficient (Wildman–Crippen LogP) is 5.57. The van der Waals surface area contributed by atoms with Crippen LogP contribution in [0.3, 0.4) is 0 Å². The number of aliphatic hydroxyl groups is 1. The van der Waals surface area contributed by atoms with Gasteiger partial charge in [-0.15, -0.1) is 0 Å². The maximum atomic E-state index is 9.50. The van der Waals surface area contributed by atoms with Crippen molar-refractivity contribution < 1.29 is 5.11 Å². The third kappa shape index (κ3) is 2.76. The van der Waals surface area contributed by atoms with Crippen LogP contribution in [0.4, 0.5) is 0 Å². The van der Waals surface area contributed by atoms with E-state index in [0.717, 1.165) is 6.42 Å². The summed E-state index contributed by atoms with van der Waals surface area (Å²) >= 11 is 0. The SMILES string of the molecule is CC1(C)CCC(CCO)c2cc3c(cc21)C(C)(C)CCC3(C)C. The second kappa shape index (κ2) is 5.34. The quantitative estimate of drug-likeness (QED) is 0.756. The fraction of sp³-hybridized carbons (Fsp3) is 0.727. The number of hydrogen-bond donors (Lipinski definition) is 1. The lowest BCUT2D eigenvalue weighted by Gasteiger charge is -2.45. The highest BCUT2D eigenvalue weighted by atomic mass is 16.3. The van der Waals surface area contributed by atoms with E-state index in [9.17, 15) is 5.11 Å². The molecule has 0 fully saturated rings. The van der Waals surface area contributed by atoms with Crippen molar-refractivity contribution in [2.45, 2.75) is 95.8 Å². The van der Waals surface area contributed by atoms with Crippen LogP contribution < -0.4 is 0 Å². The Kier molecular flexibility index (Phi) is 3.95. The van der Waals surface area contributed by atoms with Crippen LogP contribution in [-0.4, -0.2) is 11.7 Å². The first-order valence-electron chi connectivity index (χ1n) is 9.39. The molecule has 23 heavy (non-hydrogen) atoms. The predicted molar refractivity (Wildman–Crippen MR) is 98.4 cm³/mol. The van der Waals surface area contributed by atoms with Gasteiger partial charge in [0, 0.05) is 6.61 Å². The van der Waals surface area contributed by atoms with Crippen molar-refractivity contribution >= 4 is 0 Å². The Morgan fingerprint density at radius 3 is 1.91 bits per heavy atom. The van der Waals surface area contributed by atoms with Crippen LogP contribution in [0.25, 0.3) is 0 Å². The van der Waals surface area contributed by atoms with Gasteiger partial charge in [-0.25, -0.2) is 0 Å². The Balaban J connectivity index is 2.24. The first-order chi connectivity index (χ1) is 10.6. The summed E-state index contributed by atoms with van der Waals surface area (Å²) in [5, 5.41) is 9.50. The second-order valence-electron chi connectivity index (χ2n) is 9.88. The summed E-state index contributed by atoms with van der Waals surface area (Å²) in [7, 11) is 0. The molecule has 0 heterocycles. The molecule has 1 atom stereocenters. The van der Waals surface area contributed by atoms with E-state index < -0.39 is 0 Å². The summed E-state index contributed by atoms with van der Waals surface area (Å²) in [4.78, 5) is 0. The standard InChI is InChI=1S/C22H34O/c1-20(2)9-7-15(8-12-23)16-13-18-19(14-17(16)20)22(5,6)11-10-21(18,3)4/h13-15,23H,7-12H2,1-6H3. The molecule has 0 saturated heterocycles. The average Bonchev–Trinajstić information content (AvgIpc) is 2.46. The number of hydrogen-bond acceptors (Lipinski definition) is 1. The minimum Gasteiger partial charge on any atom is -0.396 e. The zero-order valence-electron chi connectivity index (χ0n) is 15.9. The fourth-order valence-electron chi connectivity index (χ4n) is 4.84. The maximum Gasteiger partial charge on any atom is 0.0436 e. The summed E-state index contributed by atoms with van der Waals surface area (Å²) in [6, 6.07) is 5.09. The van der Waals surface area contributed by atoms with Crippen LogP contribution in [0.15, 0.2) is 12.1 Å². The van der Waals surface area contributed by atoms with Crippen LogP contribution in [0.2, 0.25) is 0 Å². The highest BCUT2D eigenvalue weighted by Gasteiger charge is 2.41. The van der Waals surface area contributed by atoms with E-state index in [1.165, 1.54) is 31.2 Å². The molecule has 1 heteroatoms. The van der Waals surface area contributed by atoms with Crippen LogP contribution in [-0.2, 0) is 16.2 Å². The van der Waals surface area contributed by atoms with Gasteiger partial charge >= 0.3 is 0 Å². The summed E-state index contributed by atoms with van der Waals surface area (Å²) in [5.74, 6) is 0.536. The summed E-state index contributed by atoms with van der Waals surface area (Å²) in [5.41, 5.74) is 7.02. The van der Waals surface area contributed by atoms with Gasteiger partial charge in [0.05, 0.1) is 0 Å². The van der Waals surface area contributed by atoms with Crippen molar-refractivity contribution in [1.82, 2.24) is 0 Å². The Labute approximate surface area is 142 Å². The van der Waals surface area contributed by atoms with Crippen LogP contribution in [0, 0.1) is 0 Å². The van der Waals surface area contributed by atoms with Crippen LogP contribution in [0.1, 0.15) is 102 Å². The third-order valence-corrected chi connectivity index (χ3v) is 6.79. The second-order valence-corrected chi connectivity index (χ2v) is 9.88. The maximum absolute atomic E-state index is 9.50. The minimum absolute atomic E-state index is 0.258. The van der Waals surface area contributed by atoms with E-state index in [1.54, 1.807) is 16.7 Å². The number of rotatable bonds is 2. The summed E-state index contributed by atoms with van der Waals surface area (Å²) in [6.07, 6.45) is 5.88. The molecule has 0 amide bonds. The van der Waals surface area contributed by atoms with Gasteiger partial charge in [-0.3, -0.25) is 0 Å². The number of fused-ring (bicyclic) bond motifs is 2. The van der Waals surface area contributed by atoms with Crippen molar-refractivity contribution in [3.8, 4) is 0 Å². The number of aliphatic hydroxyl groups excluding tert-OH is 1. The molecule has 3 rings (SSSR count). The largest absolute Gasteiger partial charge is 0.396 e. The summed E-state index contributed by atoms with van der Waals surface area (Å²) in [6.45, 7) is 14.7. The van der Waals surface area contributed by atoms with Gasteiger partial charge in [-0.2, -0.15) is 0 Å². The minimum atomic E-state index is 0.258. The lowest BCUT2D eigenvalue weighted by molar-refractivity contribution is 0.260. The molecule has 0 spiro atoms. The van der Waals surface area contributed by atoms with E-state index >= 15 is 0 Å². The highest BCUT2D eigenvalue weighted by Crippen LogP contribution is 2.51. The molecule has 1 unspecified atom stereocenters. The molecule has 0 radical (unpaired) electrons. The van der Waals surface area contributed by atoms with Crippen molar-refractivity contribution in [1.29, 1.82) is 0 Å². The lowest BCUT2D eigenvalue weighted by Crippen LogP contribution is -2.36. The molecule has 1 aromatic carbocycles. The fourth-order valence-corrected chi connectivity index (χ4v) is 4.84. The molecule has 0 aliphatic heterocycles. The smallest absolute Gasteiger partial charge is 0.0436 e. The Morgan fingerprint density at radius 1 is 0.826 bits per heavy atom. The monoisotopic (exact) mass is 314 g/mol. The topological polar surface area (TPSA) is 20.2 Å². The number of benzene rings is 1. The van der Waals surface area contributed by atoms with Gasteiger partial charge < -0.3 is 5.11 Å². The lowest BCUT2D eigenvalue weighted by atomic mass is 9.59. The van der Waals surface area contributed by atoms with Crippen LogP contribution >= 0.6 is 0 Å². The van der Waals surface area contributed by atoms with E-state index in [-0.39, 0.29) is 16.2 Å². The Bertz CT molecular complexity index is 607. The van der Waals surface area contributed by atoms with Crippen LogP contribution in [0.5, 0.6) is 0 Å². The van der Waals surface area contributed by atoms with Crippen molar-refractivity contribution in [2.24, 2.45) is 0 Å². The molecular weight excluding hydrogens is 280 g/mol. The van der Waals surface area contributed by atoms with Gasteiger partial charge in [-0.1, -0.05) is 53.7 Å². The molecule has 0 saturated carbocycles. The summed E-state index contributed by atoms with van der Waals surface area (Å²) < 4.78 is 0. The molecule has 1 N–H and O–H groups in total. The first kappa shape index (κ1) is 17.0. The zero-order chi connectivity index (χ0) is 17.0. The van der Waals surface area contributed by atoms with Gasteiger partial charge in [0.2, 0.25) is 0 Å². The van der Waals surface area contributed by atoms with Gasteiger partial charge in [0.1, 0.15) is 0 Å². The Morgan fingerprint density at radius 2 is 1.35 bits per heavy atom. The third-order valence-electron chi connectivity index (χ3n) is 6.79. The molecule has 0 bridgehead atoms. The molecule has 1 aromatic rings. The van der Waals surface area contributed by atoms with E-state index in [0.29, 0.717) is 12.5 Å². The van der Waals surface area contributed by atoms with E-state index in [2.05, 4.69) is 53.7 Å². The average molecular weight is 315 g/mol. The normalized spacial score (nSPS) is 27.2. The molecule has 1 nitrogen and oxygen atoms in total. The first-order valence-corrected chi connectivity index (χ1v) is 9.39. The van der Waals surface area contributed by atoms with Crippen molar-refractivity contribution in [3.63, 3.8) is 0 Å². The van der Waals surface area contributed by atoms with Gasteiger partial charge in [0.15, 0.2) is 0 Å². The van der Waals surface area contributed by atoms with E-state index in [1.807, 2.05) is 0 Å². The molecule has 2 aliphatic rings. The zero-order valence-corrected chi connectivity index (χ0v) is 15.9. The molecular formula is C22H34O.